The van der Waals surface area contributed by atoms with Gasteiger partial charge in [0.25, 0.3) is 5.91 Å². The number of nitrogens with one attached hydrogen (secondary N) is 2. The van der Waals surface area contributed by atoms with E-state index < -0.39 is 0 Å². The molecule has 2 amide bonds. The van der Waals surface area contributed by atoms with Gasteiger partial charge in [-0.15, -0.1) is 0 Å². The van der Waals surface area contributed by atoms with Gasteiger partial charge in [0.05, 0.1) is 0 Å². The number of hydrogen-bond acceptors (Lipinski definition) is 4. The van der Waals surface area contributed by atoms with Crippen LogP contribution in [0.2, 0.25) is 0 Å². The van der Waals surface area contributed by atoms with Crippen LogP contribution in [0.15, 0.2) is 40.8 Å². The largest absolute Gasteiger partial charge is 0.451 e. The van der Waals surface area contributed by atoms with Crippen LogP contribution in [0.5, 0.6) is 0 Å². The van der Waals surface area contributed by atoms with Gasteiger partial charge in [-0.25, -0.2) is 0 Å². The second-order valence-corrected chi connectivity index (χ2v) is 6.81. The lowest BCUT2D eigenvalue weighted by atomic mass is 10.00. The van der Waals surface area contributed by atoms with Gasteiger partial charge in [-0.1, -0.05) is 12.1 Å². The van der Waals surface area contributed by atoms with E-state index in [1.165, 1.54) is 6.92 Å². The van der Waals surface area contributed by atoms with Crippen molar-refractivity contribution in [2.75, 3.05) is 25.0 Å². The number of rotatable bonds is 4. The maximum Gasteiger partial charge on any atom is 0.287 e. The van der Waals surface area contributed by atoms with Crippen LogP contribution >= 0.6 is 0 Å². The molecule has 3 atom stereocenters. The molecule has 2 aliphatic heterocycles. The lowest BCUT2D eigenvalue weighted by molar-refractivity contribution is -0.114. The first-order chi connectivity index (χ1) is 12.1. The Labute approximate surface area is 146 Å². The Balaban J connectivity index is 1.46. The molecule has 0 radical (unpaired) electrons. The Kier molecular flexibility index (Phi) is 4.05. The van der Waals surface area contributed by atoms with Gasteiger partial charge in [-0.2, -0.15) is 0 Å². The highest BCUT2D eigenvalue weighted by atomic mass is 16.3. The number of fused-ring (bicyclic) bond motifs is 2. The lowest BCUT2D eigenvalue weighted by Crippen LogP contribution is -2.43. The summed E-state index contributed by atoms with van der Waals surface area (Å²) >= 11 is 0. The van der Waals surface area contributed by atoms with Gasteiger partial charge in [0.1, 0.15) is 5.76 Å². The zero-order valence-corrected chi connectivity index (χ0v) is 14.1. The molecule has 2 fully saturated rings. The molecular weight excluding hydrogens is 318 g/mol. The number of benzene rings is 1. The smallest absolute Gasteiger partial charge is 0.287 e. The quantitative estimate of drug-likeness (QED) is 0.897. The average molecular weight is 339 g/mol. The van der Waals surface area contributed by atoms with E-state index in [1.807, 2.05) is 24.3 Å². The van der Waals surface area contributed by atoms with Crippen molar-refractivity contribution in [1.82, 2.24) is 10.2 Å². The van der Waals surface area contributed by atoms with E-state index in [9.17, 15) is 9.59 Å². The molecule has 1 aromatic carbocycles. The first-order valence-electron chi connectivity index (χ1n) is 8.59. The maximum absolute atomic E-state index is 12.5. The molecule has 2 saturated heterocycles. The monoisotopic (exact) mass is 339 g/mol. The molecule has 1 unspecified atom stereocenters. The summed E-state index contributed by atoms with van der Waals surface area (Å²) in [6, 6.07) is 11.1. The van der Waals surface area contributed by atoms with Crippen molar-refractivity contribution in [2.45, 2.75) is 19.4 Å². The van der Waals surface area contributed by atoms with Crippen LogP contribution in [0.3, 0.4) is 0 Å². The molecule has 2 bridgehead atoms. The predicted molar refractivity (Wildman–Crippen MR) is 94.2 cm³/mol. The number of carbonyl (C=O) groups excluding carboxylic acids is 2. The first kappa shape index (κ1) is 15.9. The Morgan fingerprint density at radius 2 is 2.08 bits per heavy atom. The van der Waals surface area contributed by atoms with Crippen molar-refractivity contribution in [2.24, 2.45) is 5.92 Å². The topological polar surface area (TPSA) is 74.6 Å². The minimum atomic E-state index is -0.164. The number of nitrogens with zero attached hydrogens (tertiary/aromatic N) is 1. The van der Waals surface area contributed by atoms with E-state index in [2.05, 4.69) is 15.5 Å². The van der Waals surface area contributed by atoms with Crippen LogP contribution < -0.4 is 10.6 Å². The summed E-state index contributed by atoms with van der Waals surface area (Å²) in [5, 5.41) is 5.84. The van der Waals surface area contributed by atoms with Crippen molar-refractivity contribution in [3.8, 4) is 11.3 Å². The number of furan rings is 1. The van der Waals surface area contributed by atoms with Crippen LogP contribution in [0.25, 0.3) is 11.3 Å². The molecule has 6 heteroatoms. The highest BCUT2D eigenvalue weighted by molar-refractivity contribution is 5.92. The van der Waals surface area contributed by atoms with Gasteiger partial charge in [0, 0.05) is 37.3 Å². The molecule has 3 heterocycles. The van der Waals surface area contributed by atoms with Crippen LogP contribution in [-0.2, 0) is 4.79 Å². The van der Waals surface area contributed by atoms with E-state index in [0.717, 1.165) is 31.6 Å². The van der Waals surface area contributed by atoms with Crippen LogP contribution in [0.4, 0.5) is 5.69 Å². The molecule has 1 aromatic heterocycles. The summed E-state index contributed by atoms with van der Waals surface area (Å²) in [6.45, 7) is 4.63. The molecule has 4 rings (SSSR count). The Morgan fingerprint density at radius 1 is 1.20 bits per heavy atom. The molecule has 2 aliphatic rings. The number of carbonyl (C=O) groups is 2. The Bertz CT molecular complexity index is 814. The van der Waals surface area contributed by atoms with Crippen molar-refractivity contribution >= 4 is 17.5 Å². The third kappa shape index (κ3) is 3.30. The molecule has 0 aliphatic carbocycles. The van der Waals surface area contributed by atoms with E-state index in [0.29, 0.717) is 23.1 Å². The third-order valence-electron chi connectivity index (χ3n) is 4.95. The standard InChI is InChI=1S/C19H21N3O3/c1-12(23)20-15-4-2-3-13(9-15)17-5-6-18(25-17)19(24)21-16-11-22-8-7-14(16)10-22/h2-6,9,14,16H,7-8,10-11H2,1H3,(H,20,23)(H,21,24)/t14-,16-/m0/s1. The van der Waals surface area contributed by atoms with E-state index in [-0.39, 0.29) is 17.9 Å². The lowest BCUT2D eigenvalue weighted by Gasteiger charge is -2.22. The molecule has 0 saturated carbocycles. The van der Waals surface area contributed by atoms with Crippen LogP contribution in [0.1, 0.15) is 23.9 Å². The predicted octanol–water partition coefficient (Wildman–Crippen LogP) is 2.34. The number of piperidine rings is 1. The summed E-state index contributed by atoms with van der Waals surface area (Å²) in [4.78, 5) is 26.0. The minimum absolute atomic E-state index is 0.127. The summed E-state index contributed by atoms with van der Waals surface area (Å²) in [6.07, 6.45) is 1.16. The second kappa shape index (κ2) is 6.37. The van der Waals surface area contributed by atoms with Gasteiger partial charge in [-0.05, 0) is 43.1 Å². The molecule has 2 aromatic rings. The normalized spacial score (nSPS) is 24.3. The third-order valence-corrected chi connectivity index (χ3v) is 4.95. The Morgan fingerprint density at radius 3 is 2.80 bits per heavy atom. The minimum Gasteiger partial charge on any atom is -0.451 e. The van der Waals surface area contributed by atoms with Gasteiger partial charge < -0.3 is 20.0 Å². The second-order valence-electron chi connectivity index (χ2n) is 6.81. The molecule has 25 heavy (non-hydrogen) atoms. The summed E-state index contributed by atoms with van der Waals surface area (Å²) in [5.74, 6) is 1.20. The summed E-state index contributed by atoms with van der Waals surface area (Å²) < 4.78 is 5.74. The number of anilines is 1. The first-order valence-corrected chi connectivity index (χ1v) is 8.59. The summed E-state index contributed by atoms with van der Waals surface area (Å²) in [5.41, 5.74) is 1.51. The van der Waals surface area contributed by atoms with Gasteiger partial charge in [0.15, 0.2) is 5.76 Å². The van der Waals surface area contributed by atoms with Gasteiger partial charge in [0.2, 0.25) is 5.91 Å². The fourth-order valence-corrected chi connectivity index (χ4v) is 3.76. The van der Waals surface area contributed by atoms with Gasteiger partial charge in [-0.3, -0.25) is 9.59 Å². The number of hydrogen-bond donors (Lipinski definition) is 2. The van der Waals surface area contributed by atoms with Crippen molar-refractivity contribution < 1.29 is 14.0 Å². The van der Waals surface area contributed by atoms with Gasteiger partial charge >= 0.3 is 0 Å². The van der Waals surface area contributed by atoms with E-state index >= 15 is 0 Å². The highest BCUT2D eigenvalue weighted by Crippen LogP contribution is 2.29. The molecular formula is C19H21N3O3. The van der Waals surface area contributed by atoms with Crippen molar-refractivity contribution in [3.05, 3.63) is 42.2 Å². The molecule has 2 N–H and O–H groups in total. The fourth-order valence-electron chi connectivity index (χ4n) is 3.76. The number of amides is 2. The molecule has 6 nitrogen and oxygen atoms in total. The maximum atomic E-state index is 12.5. The molecule has 130 valence electrons. The average Bonchev–Trinajstić information content (AvgIpc) is 3.31. The van der Waals surface area contributed by atoms with Crippen molar-refractivity contribution in [3.63, 3.8) is 0 Å². The van der Waals surface area contributed by atoms with E-state index in [4.69, 9.17) is 4.42 Å². The fraction of sp³-hybridized carbons (Fsp3) is 0.368. The SMILES string of the molecule is CC(=O)Nc1cccc(-c2ccc(C(=O)N[C@H]3CN4CC[C@H]3C4)o2)c1. The van der Waals surface area contributed by atoms with Crippen LogP contribution in [0, 0.1) is 5.92 Å². The van der Waals surface area contributed by atoms with Crippen LogP contribution in [-0.4, -0.2) is 42.4 Å². The zero-order valence-electron chi connectivity index (χ0n) is 14.1. The van der Waals surface area contributed by atoms with Crippen molar-refractivity contribution in [1.29, 1.82) is 0 Å². The zero-order chi connectivity index (χ0) is 17.4. The molecule has 0 spiro atoms. The Hall–Kier alpha value is -2.60. The van der Waals surface area contributed by atoms with E-state index in [1.54, 1.807) is 12.1 Å². The highest BCUT2D eigenvalue weighted by Gasteiger charge is 2.38. The summed E-state index contributed by atoms with van der Waals surface area (Å²) in [7, 11) is 0.